The lowest BCUT2D eigenvalue weighted by molar-refractivity contribution is 0.373. The molecule has 3 heteroatoms. The van der Waals surface area contributed by atoms with Crippen LogP contribution in [-0.2, 0) is 6.42 Å². The Kier molecular flexibility index (Phi) is 1.28. The molecule has 0 saturated heterocycles. The summed E-state index contributed by atoms with van der Waals surface area (Å²) in [5.41, 5.74) is 0. The van der Waals surface area contributed by atoms with Gasteiger partial charge in [-0.05, 0) is 31.6 Å². The van der Waals surface area contributed by atoms with Crippen LogP contribution in [0.3, 0.4) is 0 Å². The maximum absolute atomic E-state index is 5.16. The summed E-state index contributed by atoms with van der Waals surface area (Å²) >= 11 is 0. The number of hydrogen-bond acceptors (Lipinski definition) is 3. The molecule has 0 atom stereocenters. The molecule has 2 saturated carbocycles. The summed E-state index contributed by atoms with van der Waals surface area (Å²) in [5.74, 6) is 3.27. The van der Waals surface area contributed by atoms with Crippen molar-refractivity contribution < 1.29 is 4.52 Å². The van der Waals surface area contributed by atoms with Crippen molar-refractivity contribution in [3.63, 3.8) is 0 Å². The van der Waals surface area contributed by atoms with Gasteiger partial charge in [0.15, 0.2) is 5.82 Å². The second-order valence-corrected chi connectivity index (χ2v) is 3.97. The minimum absolute atomic E-state index is 0.602. The Balaban J connectivity index is 1.72. The van der Waals surface area contributed by atoms with Crippen LogP contribution in [0.25, 0.3) is 0 Å². The van der Waals surface area contributed by atoms with Gasteiger partial charge in [0.25, 0.3) is 0 Å². The highest BCUT2D eigenvalue weighted by Gasteiger charge is 2.30. The van der Waals surface area contributed by atoms with Gasteiger partial charge in [0.05, 0.1) is 0 Å². The Bertz CT molecular complexity index is 286. The summed E-state index contributed by atoms with van der Waals surface area (Å²) in [4.78, 5) is 4.37. The fraction of sp³-hybridized carbons (Fsp3) is 0.778. The highest BCUT2D eigenvalue weighted by atomic mass is 16.5. The molecule has 2 fully saturated rings. The SMILES string of the molecule is C1CC1Cc1noc(C2CC2)n1. The van der Waals surface area contributed by atoms with Crippen LogP contribution in [0.15, 0.2) is 4.52 Å². The van der Waals surface area contributed by atoms with E-state index in [9.17, 15) is 0 Å². The van der Waals surface area contributed by atoms with Crippen LogP contribution < -0.4 is 0 Å². The minimum Gasteiger partial charge on any atom is -0.339 e. The summed E-state index contributed by atoms with van der Waals surface area (Å²) in [7, 11) is 0. The third-order valence-corrected chi connectivity index (χ3v) is 2.58. The van der Waals surface area contributed by atoms with Gasteiger partial charge in [-0.25, -0.2) is 0 Å². The number of nitrogens with zero attached hydrogens (tertiary/aromatic N) is 2. The van der Waals surface area contributed by atoms with Crippen LogP contribution >= 0.6 is 0 Å². The number of hydrogen-bond donors (Lipinski definition) is 0. The molecule has 0 bridgehead atoms. The average molecular weight is 164 g/mol. The Morgan fingerprint density at radius 3 is 2.75 bits per heavy atom. The van der Waals surface area contributed by atoms with Crippen molar-refractivity contribution in [2.45, 2.75) is 38.0 Å². The second kappa shape index (κ2) is 2.31. The summed E-state index contributed by atoms with van der Waals surface area (Å²) in [6, 6.07) is 0. The summed E-state index contributed by atoms with van der Waals surface area (Å²) in [6.07, 6.45) is 6.23. The molecule has 0 aromatic carbocycles. The maximum atomic E-state index is 5.16. The molecule has 3 rings (SSSR count). The van der Waals surface area contributed by atoms with Crippen LogP contribution in [0.4, 0.5) is 0 Å². The summed E-state index contributed by atoms with van der Waals surface area (Å²) in [6.45, 7) is 0. The van der Waals surface area contributed by atoms with E-state index in [4.69, 9.17) is 4.52 Å². The molecule has 3 nitrogen and oxygen atoms in total. The fourth-order valence-electron chi connectivity index (χ4n) is 1.43. The summed E-state index contributed by atoms with van der Waals surface area (Å²) in [5, 5.41) is 3.97. The van der Waals surface area contributed by atoms with Crippen molar-refractivity contribution in [1.29, 1.82) is 0 Å². The Labute approximate surface area is 71.2 Å². The van der Waals surface area contributed by atoms with Gasteiger partial charge in [0.2, 0.25) is 5.89 Å². The van der Waals surface area contributed by atoms with E-state index in [-0.39, 0.29) is 0 Å². The van der Waals surface area contributed by atoms with Crippen molar-refractivity contribution in [2.75, 3.05) is 0 Å². The summed E-state index contributed by atoms with van der Waals surface area (Å²) < 4.78 is 5.16. The third-order valence-electron chi connectivity index (χ3n) is 2.58. The first-order valence-electron chi connectivity index (χ1n) is 4.74. The zero-order valence-electron chi connectivity index (χ0n) is 6.99. The Hall–Kier alpha value is -0.860. The van der Waals surface area contributed by atoms with Gasteiger partial charge in [-0.1, -0.05) is 5.16 Å². The lowest BCUT2D eigenvalue weighted by Gasteiger charge is -1.85. The Morgan fingerprint density at radius 2 is 2.08 bits per heavy atom. The van der Waals surface area contributed by atoms with Crippen molar-refractivity contribution in [2.24, 2.45) is 5.92 Å². The van der Waals surface area contributed by atoms with E-state index in [2.05, 4.69) is 10.1 Å². The van der Waals surface area contributed by atoms with E-state index in [1.807, 2.05) is 0 Å². The van der Waals surface area contributed by atoms with Crippen molar-refractivity contribution >= 4 is 0 Å². The molecule has 64 valence electrons. The first-order chi connectivity index (χ1) is 5.92. The van der Waals surface area contributed by atoms with Gasteiger partial charge >= 0.3 is 0 Å². The molecule has 1 heterocycles. The van der Waals surface area contributed by atoms with Gasteiger partial charge in [0, 0.05) is 12.3 Å². The number of aromatic nitrogens is 2. The van der Waals surface area contributed by atoms with E-state index in [1.165, 1.54) is 25.7 Å². The van der Waals surface area contributed by atoms with E-state index >= 15 is 0 Å². The molecule has 0 amide bonds. The molecule has 0 unspecified atom stereocenters. The number of rotatable bonds is 3. The van der Waals surface area contributed by atoms with E-state index in [1.54, 1.807) is 0 Å². The largest absolute Gasteiger partial charge is 0.339 e. The van der Waals surface area contributed by atoms with Crippen molar-refractivity contribution in [1.82, 2.24) is 10.1 Å². The average Bonchev–Trinajstić information content (AvgIpc) is 2.92. The molecule has 1 aromatic rings. The molecule has 2 aliphatic rings. The maximum Gasteiger partial charge on any atom is 0.229 e. The van der Waals surface area contributed by atoms with Gasteiger partial charge < -0.3 is 4.52 Å². The van der Waals surface area contributed by atoms with Crippen molar-refractivity contribution in [3.05, 3.63) is 11.7 Å². The predicted molar refractivity (Wildman–Crippen MR) is 42.7 cm³/mol. The molecule has 0 radical (unpaired) electrons. The first kappa shape index (κ1) is 6.63. The van der Waals surface area contributed by atoms with Gasteiger partial charge in [-0.3, -0.25) is 0 Å². The quantitative estimate of drug-likeness (QED) is 0.684. The van der Waals surface area contributed by atoms with Crippen LogP contribution in [0, 0.1) is 5.92 Å². The molecule has 0 N–H and O–H groups in total. The standard InChI is InChI=1S/C9H12N2O/c1-2-6(1)5-8-10-9(12-11-8)7-3-4-7/h6-7H,1-5H2. The van der Waals surface area contributed by atoms with Crippen molar-refractivity contribution in [3.8, 4) is 0 Å². The highest BCUT2D eigenvalue weighted by molar-refractivity contribution is 5.02. The van der Waals surface area contributed by atoms with Crippen LogP contribution in [0.5, 0.6) is 0 Å². The van der Waals surface area contributed by atoms with E-state index in [0.717, 1.165) is 24.1 Å². The molecule has 12 heavy (non-hydrogen) atoms. The van der Waals surface area contributed by atoms with E-state index in [0.29, 0.717) is 5.92 Å². The molecular weight excluding hydrogens is 152 g/mol. The molecular formula is C9H12N2O. The van der Waals surface area contributed by atoms with E-state index < -0.39 is 0 Å². The molecule has 1 aromatic heterocycles. The lowest BCUT2D eigenvalue weighted by atomic mass is 10.3. The molecule has 2 aliphatic carbocycles. The van der Waals surface area contributed by atoms with Crippen LogP contribution in [0.2, 0.25) is 0 Å². The van der Waals surface area contributed by atoms with Gasteiger partial charge in [-0.2, -0.15) is 4.98 Å². The zero-order chi connectivity index (χ0) is 7.97. The second-order valence-electron chi connectivity index (χ2n) is 3.97. The van der Waals surface area contributed by atoms with Crippen LogP contribution in [0.1, 0.15) is 43.3 Å². The Morgan fingerprint density at radius 1 is 1.25 bits per heavy atom. The zero-order valence-corrected chi connectivity index (χ0v) is 6.99. The molecule has 0 aliphatic heterocycles. The lowest BCUT2D eigenvalue weighted by Crippen LogP contribution is -1.89. The third kappa shape index (κ3) is 1.24. The fourth-order valence-corrected chi connectivity index (χ4v) is 1.43. The smallest absolute Gasteiger partial charge is 0.229 e. The topological polar surface area (TPSA) is 38.9 Å². The molecule has 0 spiro atoms. The van der Waals surface area contributed by atoms with Gasteiger partial charge in [0.1, 0.15) is 0 Å². The minimum atomic E-state index is 0.602. The first-order valence-corrected chi connectivity index (χ1v) is 4.74. The predicted octanol–water partition coefficient (Wildman–Crippen LogP) is 1.90. The normalized spacial score (nSPS) is 23.0. The monoisotopic (exact) mass is 164 g/mol. The van der Waals surface area contributed by atoms with Crippen LogP contribution in [-0.4, -0.2) is 10.1 Å². The highest BCUT2D eigenvalue weighted by Crippen LogP contribution is 2.39. The van der Waals surface area contributed by atoms with Gasteiger partial charge in [-0.15, -0.1) is 0 Å².